The first-order valence-corrected chi connectivity index (χ1v) is 13.9. The van der Waals surface area contributed by atoms with Crippen molar-refractivity contribution in [2.24, 2.45) is 17.1 Å². The van der Waals surface area contributed by atoms with E-state index in [1.807, 2.05) is 24.3 Å². The van der Waals surface area contributed by atoms with Gasteiger partial charge in [0.1, 0.15) is 5.54 Å². The second kappa shape index (κ2) is 10.7. The zero-order valence-electron chi connectivity index (χ0n) is 22.6. The number of piperidine rings is 1. The first kappa shape index (κ1) is 26.6. The largest absolute Gasteiger partial charge is 0.477 e. The van der Waals surface area contributed by atoms with Crippen LogP contribution in [-0.2, 0) is 4.79 Å². The van der Waals surface area contributed by atoms with Gasteiger partial charge in [0.2, 0.25) is 11.8 Å². The lowest BCUT2D eigenvalue weighted by Gasteiger charge is -2.44. The topological polar surface area (TPSA) is 109 Å². The van der Waals surface area contributed by atoms with Gasteiger partial charge in [-0.2, -0.15) is 0 Å². The van der Waals surface area contributed by atoms with E-state index in [0.29, 0.717) is 29.4 Å². The Morgan fingerprint density at radius 1 is 1.08 bits per heavy atom. The molecule has 0 unspecified atom stereocenters. The summed E-state index contributed by atoms with van der Waals surface area (Å²) in [5, 5.41) is 10.0. The van der Waals surface area contributed by atoms with Crippen LogP contribution in [0.25, 0.3) is 11.1 Å². The van der Waals surface area contributed by atoms with Gasteiger partial charge in [0.15, 0.2) is 0 Å². The van der Waals surface area contributed by atoms with E-state index in [9.17, 15) is 14.7 Å². The minimum Gasteiger partial charge on any atom is -0.477 e. The second-order valence-electron chi connectivity index (χ2n) is 12.1. The number of ether oxygens (including phenoxy) is 1. The number of nitrogens with zero attached hydrogens (tertiary/aromatic N) is 3. The minimum atomic E-state index is -1.19. The van der Waals surface area contributed by atoms with Gasteiger partial charge >= 0.3 is 0 Å². The average molecular weight is 521 g/mol. The van der Waals surface area contributed by atoms with Crippen LogP contribution in [0.15, 0.2) is 42.6 Å². The first-order chi connectivity index (χ1) is 18.1. The number of likely N-dealkylation sites (tertiary alicyclic amines) is 2. The molecule has 8 nitrogen and oxygen atoms in total. The lowest BCUT2D eigenvalue weighted by Crippen LogP contribution is -2.53. The van der Waals surface area contributed by atoms with Crippen LogP contribution < -0.4 is 10.5 Å². The Morgan fingerprint density at radius 3 is 2.34 bits per heavy atom. The number of rotatable bonds is 8. The molecule has 0 radical (unpaired) electrons. The molecule has 5 rings (SSSR count). The highest BCUT2D eigenvalue weighted by molar-refractivity contribution is 5.99. The van der Waals surface area contributed by atoms with Crippen molar-refractivity contribution < 1.29 is 19.4 Å². The summed E-state index contributed by atoms with van der Waals surface area (Å²) in [5.74, 6) is 0.263. The van der Waals surface area contributed by atoms with E-state index in [-0.39, 0.29) is 18.9 Å². The van der Waals surface area contributed by atoms with Crippen LogP contribution >= 0.6 is 0 Å². The van der Waals surface area contributed by atoms with Crippen molar-refractivity contribution in [3.05, 3.63) is 48.2 Å². The average Bonchev–Trinajstić information content (AvgIpc) is 3.22. The Hall–Kier alpha value is -2.97. The van der Waals surface area contributed by atoms with Crippen molar-refractivity contribution in [2.75, 3.05) is 32.8 Å². The highest BCUT2D eigenvalue weighted by Crippen LogP contribution is 2.41. The van der Waals surface area contributed by atoms with Gasteiger partial charge in [-0.05, 0) is 80.8 Å². The third-order valence-corrected chi connectivity index (χ3v) is 8.94. The molecule has 204 valence electrons. The quantitative estimate of drug-likeness (QED) is 0.552. The third-order valence-electron chi connectivity index (χ3n) is 8.94. The summed E-state index contributed by atoms with van der Waals surface area (Å²) in [4.78, 5) is 33.6. The van der Waals surface area contributed by atoms with Crippen molar-refractivity contribution in [3.8, 4) is 17.0 Å². The lowest BCUT2D eigenvalue weighted by atomic mass is 9.70. The summed E-state index contributed by atoms with van der Waals surface area (Å²) in [6.07, 6.45) is 7.65. The molecule has 1 aromatic carbocycles. The first-order valence-electron chi connectivity index (χ1n) is 13.9. The second-order valence-corrected chi connectivity index (χ2v) is 12.1. The number of aromatic nitrogens is 1. The number of primary amides is 1. The summed E-state index contributed by atoms with van der Waals surface area (Å²) >= 11 is 0. The van der Waals surface area contributed by atoms with Crippen LogP contribution in [0.3, 0.4) is 0 Å². The van der Waals surface area contributed by atoms with Crippen molar-refractivity contribution in [1.29, 1.82) is 0 Å². The van der Waals surface area contributed by atoms with Gasteiger partial charge in [-0.3, -0.25) is 9.59 Å². The van der Waals surface area contributed by atoms with Gasteiger partial charge in [-0.1, -0.05) is 25.5 Å². The molecule has 3 fully saturated rings. The molecule has 38 heavy (non-hydrogen) atoms. The monoisotopic (exact) mass is 520 g/mol. The maximum absolute atomic E-state index is 13.1. The van der Waals surface area contributed by atoms with Gasteiger partial charge in [0.25, 0.3) is 5.91 Å². The van der Waals surface area contributed by atoms with E-state index >= 15 is 0 Å². The van der Waals surface area contributed by atoms with E-state index in [1.54, 1.807) is 25.3 Å². The van der Waals surface area contributed by atoms with Gasteiger partial charge < -0.3 is 25.4 Å². The van der Waals surface area contributed by atoms with Crippen LogP contribution in [0.4, 0.5) is 0 Å². The Morgan fingerprint density at radius 2 is 1.76 bits per heavy atom. The molecular weight excluding hydrogens is 480 g/mol. The van der Waals surface area contributed by atoms with E-state index < -0.39 is 17.6 Å². The lowest BCUT2D eigenvalue weighted by molar-refractivity contribution is -0.126. The maximum atomic E-state index is 13.1. The van der Waals surface area contributed by atoms with Crippen molar-refractivity contribution in [3.63, 3.8) is 0 Å². The molecule has 1 aliphatic carbocycles. The minimum absolute atomic E-state index is 0.0873. The number of nitrogens with two attached hydrogens (primary N) is 1. The van der Waals surface area contributed by atoms with Crippen molar-refractivity contribution in [2.45, 2.75) is 64.0 Å². The van der Waals surface area contributed by atoms with Crippen LogP contribution in [0.2, 0.25) is 0 Å². The zero-order valence-corrected chi connectivity index (χ0v) is 22.6. The molecule has 1 aromatic heterocycles. The fourth-order valence-electron chi connectivity index (χ4n) is 6.18. The highest BCUT2D eigenvalue weighted by Gasteiger charge is 2.48. The number of pyridine rings is 1. The molecule has 2 aromatic rings. The molecule has 3 aliphatic rings. The standard InChI is InChI=1S/C30H40N4O4/c1-29(12-3-13-29)20-33-14-10-21(11-15-33)19-38-26-9-8-24(17-32-26)22-4-6-23(7-5-22)27(36)34-18-25(35)16-30(34,2)28(31)37/h4-9,17,21,25,35H,3,10-16,18-20H2,1-2H3,(H2,31,37)/t25-,30+/m1/s1. The van der Waals surface area contributed by atoms with Crippen LogP contribution in [0.5, 0.6) is 5.88 Å². The number of hydrogen-bond donors (Lipinski definition) is 2. The highest BCUT2D eigenvalue weighted by atomic mass is 16.5. The van der Waals surface area contributed by atoms with Gasteiger partial charge in [0.05, 0.1) is 12.7 Å². The van der Waals surface area contributed by atoms with Crippen molar-refractivity contribution in [1.82, 2.24) is 14.8 Å². The molecule has 3 heterocycles. The Bertz CT molecular complexity index is 1140. The summed E-state index contributed by atoms with van der Waals surface area (Å²) < 4.78 is 6.02. The van der Waals surface area contributed by atoms with Gasteiger partial charge in [-0.15, -0.1) is 0 Å². The fraction of sp³-hybridized carbons (Fsp3) is 0.567. The molecule has 2 atom stereocenters. The molecule has 2 aliphatic heterocycles. The molecule has 8 heteroatoms. The van der Waals surface area contributed by atoms with Crippen LogP contribution in [0, 0.1) is 11.3 Å². The normalized spacial score (nSPS) is 25.7. The molecule has 2 saturated heterocycles. The summed E-state index contributed by atoms with van der Waals surface area (Å²) in [5.41, 5.74) is 7.19. The van der Waals surface area contributed by atoms with E-state index in [2.05, 4.69) is 16.8 Å². The number of β-amino-alcohol motifs (C(OH)–C–C–N with tert-alkyl or cyclic N) is 1. The number of aliphatic hydroxyl groups excluding tert-OH is 1. The molecule has 3 N–H and O–H groups in total. The number of benzene rings is 1. The number of amides is 2. The maximum Gasteiger partial charge on any atom is 0.254 e. The number of carbonyl (C=O) groups excluding carboxylic acids is 2. The predicted octanol–water partition coefficient (Wildman–Crippen LogP) is 3.48. The fourth-order valence-corrected chi connectivity index (χ4v) is 6.18. The molecule has 0 spiro atoms. The summed E-state index contributed by atoms with van der Waals surface area (Å²) in [6, 6.07) is 11.0. The van der Waals surface area contributed by atoms with E-state index in [4.69, 9.17) is 10.5 Å². The van der Waals surface area contributed by atoms with Crippen LogP contribution in [-0.4, -0.2) is 76.1 Å². The molecular formula is C30H40N4O4. The molecule has 2 amide bonds. The Balaban J connectivity index is 1.13. The Labute approximate surface area is 225 Å². The zero-order chi connectivity index (χ0) is 26.9. The number of carbonyl (C=O) groups is 2. The Kier molecular flexibility index (Phi) is 7.47. The number of hydrogen-bond acceptors (Lipinski definition) is 6. The van der Waals surface area contributed by atoms with Crippen LogP contribution in [0.1, 0.15) is 62.7 Å². The molecule has 1 saturated carbocycles. The van der Waals surface area contributed by atoms with E-state index in [1.165, 1.54) is 43.5 Å². The summed E-state index contributed by atoms with van der Waals surface area (Å²) in [7, 11) is 0. The third kappa shape index (κ3) is 5.57. The van der Waals surface area contributed by atoms with Gasteiger partial charge in [-0.25, -0.2) is 4.98 Å². The van der Waals surface area contributed by atoms with Gasteiger partial charge in [0, 0.05) is 42.9 Å². The van der Waals surface area contributed by atoms with Crippen molar-refractivity contribution >= 4 is 11.8 Å². The van der Waals surface area contributed by atoms with E-state index in [0.717, 1.165) is 24.2 Å². The SMILES string of the molecule is CC1(CN2CCC(COc3ccc(-c4ccc(C(=O)N5C[C@H](O)C[C@@]5(C)C(N)=O)cc4)cn3)CC2)CCC1. The predicted molar refractivity (Wildman–Crippen MR) is 146 cm³/mol. The molecule has 0 bridgehead atoms. The number of aliphatic hydroxyl groups is 1. The summed E-state index contributed by atoms with van der Waals surface area (Å²) in [6.45, 7) is 8.38. The smallest absolute Gasteiger partial charge is 0.254 e.